The molecule has 0 radical (unpaired) electrons. The van der Waals surface area contributed by atoms with Crippen molar-refractivity contribution < 1.29 is 13.9 Å². The summed E-state index contributed by atoms with van der Waals surface area (Å²) in [6.45, 7) is 2.34. The number of aryl methyl sites for hydroxylation is 1. The molecule has 1 amide bonds. The van der Waals surface area contributed by atoms with Gasteiger partial charge in [0.1, 0.15) is 18.2 Å². The van der Waals surface area contributed by atoms with Crippen LogP contribution in [0.25, 0.3) is 16.9 Å². The number of amides is 1. The first-order chi connectivity index (χ1) is 18.6. The summed E-state index contributed by atoms with van der Waals surface area (Å²) in [5.41, 5.74) is 8.95. The molecule has 0 aliphatic carbocycles. The monoisotopic (exact) mass is 503 g/mol. The Morgan fingerprint density at radius 3 is 2.39 bits per heavy atom. The zero-order valence-electron chi connectivity index (χ0n) is 20.8. The summed E-state index contributed by atoms with van der Waals surface area (Å²) in [7, 11) is 0. The molecule has 188 valence electrons. The van der Waals surface area contributed by atoms with Crippen LogP contribution < -0.4 is 10.2 Å². The van der Waals surface area contributed by atoms with Gasteiger partial charge in [0, 0.05) is 16.9 Å². The molecule has 0 unspecified atom stereocenters. The SMILES string of the molecule is Cc1ccc(-c2ccccc2)n1-c1ccc(C(=O)N/N=C/c2ccc(OCc3cccc(F)c3)cc2)cc1. The fourth-order valence-corrected chi connectivity index (χ4v) is 4.15. The molecule has 0 aliphatic heterocycles. The van der Waals surface area contributed by atoms with Crippen LogP contribution in [-0.2, 0) is 6.61 Å². The Morgan fingerprint density at radius 1 is 0.895 bits per heavy atom. The highest BCUT2D eigenvalue weighted by molar-refractivity contribution is 5.95. The Morgan fingerprint density at radius 2 is 1.66 bits per heavy atom. The molecule has 0 saturated heterocycles. The molecule has 0 aliphatic rings. The number of hydrogen-bond acceptors (Lipinski definition) is 3. The summed E-state index contributed by atoms with van der Waals surface area (Å²) in [6, 6.07) is 35.4. The number of nitrogens with one attached hydrogen (secondary N) is 1. The molecule has 0 bridgehead atoms. The molecule has 1 N–H and O–H groups in total. The first kappa shape index (κ1) is 24.7. The second-order valence-electron chi connectivity index (χ2n) is 8.80. The van der Waals surface area contributed by atoms with Gasteiger partial charge in [-0.3, -0.25) is 4.79 Å². The summed E-state index contributed by atoms with van der Waals surface area (Å²) in [5, 5.41) is 4.08. The third-order valence-corrected chi connectivity index (χ3v) is 6.09. The highest BCUT2D eigenvalue weighted by Crippen LogP contribution is 2.26. The molecule has 1 aromatic heterocycles. The van der Waals surface area contributed by atoms with Crippen molar-refractivity contribution in [2.45, 2.75) is 13.5 Å². The average Bonchev–Trinajstić information content (AvgIpc) is 3.34. The van der Waals surface area contributed by atoms with E-state index in [0.717, 1.165) is 33.8 Å². The molecule has 5 rings (SSSR count). The van der Waals surface area contributed by atoms with E-state index in [0.29, 0.717) is 11.3 Å². The van der Waals surface area contributed by atoms with Crippen LogP contribution >= 0.6 is 0 Å². The number of hydrazone groups is 1. The number of benzene rings is 4. The number of hydrogen-bond donors (Lipinski definition) is 1. The highest BCUT2D eigenvalue weighted by atomic mass is 19.1. The van der Waals surface area contributed by atoms with Gasteiger partial charge in [0.05, 0.1) is 11.9 Å². The van der Waals surface area contributed by atoms with Crippen molar-refractivity contribution in [1.29, 1.82) is 0 Å². The molecule has 0 fully saturated rings. The van der Waals surface area contributed by atoms with Gasteiger partial charge >= 0.3 is 0 Å². The zero-order valence-corrected chi connectivity index (χ0v) is 20.8. The predicted octanol–water partition coefficient (Wildman–Crippen LogP) is 6.93. The number of rotatable bonds is 8. The van der Waals surface area contributed by atoms with Gasteiger partial charge in [0.25, 0.3) is 5.91 Å². The summed E-state index contributed by atoms with van der Waals surface area (Å²) < 4.78 is 21.2. The largest absolute Gasteiger partial charge is 0.489 e. The molecule has 5 nitrogen and oxygen atoms in total. The normalized spacial score (nSPS) is 11.0. The van der Waals surface area contributed by atoms with Crippen molar-refractivity contribution in [3.05, 3.63) is 143 Å². The lowest BCUT2D eigenvalue weighted by atomic mass is 10.1. The molecule has 4 aromatic carbocycles. The van der Waals surface area contributed by atoms with Gasteiger partial charge < -0.3 is 9.30 Å². The van der Waals surface area contributed by atoms with Gasteiger partial charge in [-0.15, -0.1) is 0 Å². The Kier molecular flexibility index (Phi) is 7.41. The van der Waals surface area contributed by atoms with Gasteiger partial charge in [-0.2, -0.15) is 5.10 Å². The minimum atomic E-state index is -0.296. The minimum absolute atomic E-state index is 0.275. The van der Waals surface area contributed by atoms with E-state index in [-0.39, 0.29) is 18.3 Å². The van der Waals surface area contributed by atoms with E-state index >= 15 is 0 Å². The van der Waals surface area contributed by atoms with Gasteiger partial charge in [-0.25, -0.2) is 9.82 Å². The van der Waals surface area contributed by atoms with Crippen LogP contribution in [0.1, 0.15) is 27.2 Å². The van der Waals surface area contributed by atoms with Crippen molar-refractivity contribution in [2.24, 2.45) is 5.10 Å². The van der Waals surface area contributed by atoms with E-state index in [1.165, 1.54) is 12.1 Å². The number of nitrogens with zero attached hydrogens (tertiary/aromatic N) is 2. The van der Waals surface area contributed by atoms with E-state index in [4.69, 9.17) is 4.74 Å². The van der Waals surface area contributed by atoms with E-state index in [1.807, 2.05) is 48.5 Å². The highest BCUT2D eigenvalue weighted by Gasteiger charge is 2.11. The van der Waals surface area contributed by atoms with Gasteiger partial charge in [-0.05, 0) is 96.4 Å². The lowest BCUT2D eigenvalue weighted by molar-refractivity contribution is 0.0955. The number of aromatic nitrogens is 1. The molecule has 5 aromatic rings. The number of carbonyl (C=O) groups excluding carboxylic acids is 1. The molecule has 6 heteroatoms. The Bertz CT molecular complexity index is 1560. The molecular weight excluding hydrogens is 477 g/mol. The van der Waals surface area contributed by atoms with Crippen LogP contribution in [0.15, 0.2) is 120 Å². The average molecular weight is 504 g/mol. The van der Waals surface area contributed by atoms with Crippen molar-refractivity contribution in [3.63, 3.8) is 0 Å². The van der Waals surface area contributed by atoms with E-state index in [9.17, 15) is 9.18 Å². The fraction of sp³-hybridized carbons (Fsp3) is 0.0625. The van der Waals surface area contributed by atoms with Crippen LogP contribution in [-0.4, -0.2) is 16.7 Å². The number of carbonyl (C=O) groups is 1. The predicted molar refractivity (Wildman–Crippen MR) is 148 cm³/mol. The van der Waals surface area contributed by atoms with Crippen LogP contribution in [0, 0.1) is 12.7 Å². The van der Waals surface area contributed by atoms with E-state index in [2.05, 4.69) is 46.3 Å². The van der Waals surface area contributed by atoms with E-state index < -0.39 is 0 Å². The Hall–Kier alpha value is -4.97. The Labute approximate surface area is 220 Å². The molecule has 38 heavy (non-hydrogen) atoms. The van der Waals surface area contributed by atoms with Crippen molar-refractivity contribution >= 4 is 12.1 Å². The fourth-order valence-electron chi connectivity index (χ4n) is 4.15. The smallest absolute Gasteiger partial charge is 0.271 e. The topological polar surface area (TPSA) is 55.6 Å². The third-order valence-electron chi connectivity index (χ3n) is 6.09. The van der Waals surface area contributed by atoms with Gasteiger partial charge in [0.2, 0.25) is 0 Å². The molecule has 1 heterocycles. The third kappa shape index (κ3) is 5.87. The summed E-state index contributed by atoms with van der Waals surface area (Å²) >= 11 is 0. The van der Waals surface area contributed by atoms with Crippen LogP contribution in [0.3, 0.4) is 0 Å². The van der Waals surface area contributed by atoms with Gasteiger partial charge in [-0.1, -0.05) is 42.5 Å². The standard InChI is InChI=1S/C32H26FN3O2/c1-23-10-19-31(26-7-3-2-4-8-26)36(23)29-15-13-27(14-16-29)32(37)35-34-21-24-11-17-30(18-12-24)38-22-25-6-5-9-28(33)20-25/h2-21H,22H2,1H3,(H,35,37)/b34-21+. The minimum Gasteiger partial charge on any atom is -0.489 e. The lowest BCUT2D eigenvalue weighted by Gasteiger charge is -2.12. The lowest BCUT2D eigenvalue weighted by Crippen LogP contribution is -2.17. The van der Waals surface area contributed by atoms with Crippen LogP contribution in [0.4, 0.5) is 4.39 Å². The zero-order chi connectivity index (χ0) is 26.3. The molecule has 0 saturated carbocycles. The second kappa shape index (κ2) is 11.4. The summed E-state index contributed by atoms with van der Waals surface area (Å²) in [6.07, 6.45) is 1.57. The van der Waals surface area contributed by atoms with Crippen LogP contribution in [0.2, 0.25) is 0 Å². The maximum Gasteiger partial charge on any atom is 0.271 e. The van der Waals surface area contributed by atoms with Crippen molar-refractivity contribution in [3.8, 4) is 22.7 Å². The van der Waals surface area contributed by atoms with E-state index in [1.54, 1.807) is 36.5 Å². The maximum absolute atomic E-state index is 13.3. The van der Waals surface area contributed by atoms with Crippen molar-refractivity contribution in [1.82, 2.24) is 9.99 Å². The second-order valence-corrected chi connectivity index (χ2v) is 8.80. The Balaban J connectivity index is 1.18. The number of halogens is 1. The number of ether oxygens (including phenoxy) is 1. The maximum atomic E-state index is 13.3. The first-order valence-electron chi connectivity index (χ1n) is 12.2. The first-order valence-corrected chi connectivity index (χ1v) is 12.2. The van der Waals surface area contributed by atoms with Gasteiger partial charge in [0.15, 0.2) is 0 Å². The molecular formula is C32H26FN3O2. The van der Waals surface area contributed by atoms with Crippen molar-refractivity contribution in [2.75, 3.05) is 0 Å². The molecule has 0 atom stereocenters. The van der Waals surface area contributed by atoms with Crippen LogP contribution in [0.5, 0.6) is 5.75 Å². The summed E-state index contributed by atoms with van der Waals surface area (Å²) in [5.74, 6) is 0.0723. The summed E-state index contributed by atoms with van der Waals surface area (Å²) in [4.78, 5) is 12.6. The quantitative estimate of drug-likeness (QED) is 0.184. The molecule has 0 spiro atoms.